The van der Waals surface area contributed by atoms with Gasteiger partial charge in [0.2, 0.25) is 0 Å². The van der Waals surface area contributed by atoms with Gasteiger partial charge in [-0.05, 0) is 54.3 Å². The van der Waals surface area contributed by atoms with E-state index >= 15 is 0 Å². The van der Waals surface area contributed by atoms with Gasteiger partial charge in [0.1, 0.15) is 5.75 Å². The number of rotatable bonds is 3. The summed E-state index contributed by atoms with van der Waals surface area (Å²) in [5.41, 5.74) is 10.1. The third kappa shape index (κ3) is 1.85. The van der Waals surface area contributed by atoms with Gasteiger partial charge in [-0.25, -0.2) is 0 Å². The summed E-state index contributed by atoms with van der Waals surface area (Å²) in [4.78, 5) is 0. The molecule has 0 spiro atoms. The van der Waals surface area contributed by atoms with Gasteiger partial charge in [-0.3, -0.25) is 0 Å². The maximum Gasteiger partial charge on any atom is 0.124 e. The largest absolute Gasteiger partial charge is 0.496 e. The number of hydrogen-bond donors (Lipinski definition) is 1. The number of ether oxygens (including phenoxy) is 1. The fourth-order valence-electron chi connectivity index (χ4n) is 3.33. The first-order valence-corrected chi connectivity index (χ1v) is 6.28. The molecule has 1 fully saturated rings. The molecule has 1 saturated carbocycles. The van der Waals surface area contributed by atoms with Crippen LogP contribution in [0.2, 0.25) is 0 Å². The molecular weight excluding hydrogens is 210 g/mol. The summed E-state index contributed by atoms with van der Waals surface area (Å²) in [5, 5.41) is 0. The first-order chi connectivity index (χ1) is 7.93. The van der Waals surface area contributed by atoms with E-state index in [1.807, 2.05) is 0 Å². The Morgan fingerprint density at radius 3 is 2.12 bits per heavy atom. The lowest BCUT2D eigenvalue weighted by Gasteiger charge is -2.12. The smallest absolute Gasteiger partial charge is 0.124 e. The summed E-state index contributed by atoms with van der Waals surface area (Å²) in [5.74, 6) is 2.24. The highest BCUT2D eigenvalue weighted by Crippen LogP contribution is 2.64. The highest BCUT2D eigenvalue weighted by atomic mass is 16.5. The van der Waals surface area contributed by atoms with Gasteiger partial charge in [0.25, 0.3) is 0 Å². The molecule has 0 radical (unpaired) electrons. The summed E-state index contributed by atoms with van der Waals surface area (Å²) >= 11 is 0. The Morgan fingerprint density at radius 2 is 1.76 bits per heavy atom. The minimum Gasteiger partial charge on any atom is -0.496 e. The van der Waals surface area contributed by atoms with Crippen molar-refractivity contribution in [2.75, 3.05) is 13.7 Å². The summed E-state index contributed by atoms with van der Waals surface area (Å²) in [7, 11) is 1.73. The van der Waals surface area contributed by atoms with Crippen molar-refractivity contribution in [3.05, 3.63) is 28.8 Å². The second-order valence-corrected chi connectivity index (χ2v) is 5.83. The minimum absolute atomic E-state index is 0.349. The molecule has 0 saturated heterocycles. The number of methoxy groups -OCH3 is 1. The SMILES string of the molecule is COc1c(C)cc([C@H]2[C@H](CN)C2(C)C)cc1C. The summed E-state index contributed by atoms with van der Waals surface area (Å²) in [6.07, 6.45) is 0. The number of hydrogen-bond acceptors (Lipinski definition) is 2. The molecule has 0 aliphatic heterocycles. The Labute approximate surface area is 104 Å². The molecule has 2 N–H and O–H groups in total. The van der Waals surface area contributed by atoms with Crippen molar-refractivity contribution in [3.8, 4) is 5.75 Å². The quantitative estimate of drug-likeness (QED) is 0.871. The van der Waals surface area contributed by atoms with Crippen LogP contribution in [-0.4, -0.2) is 13.7 Å². The monoisotopic (exact) mass is 233 g/mol. The third-order valence-corrected chi connectivity index (χ3v) is 4.35. The fourth-order valence-corrected chi connectivity index (χ4v) is 3.33. The molecule has 2 rings (SSSR count). The van der Waals surface area contributed by atoms with Crippen molar-refractivity contribution in [1.82, 2.24) is 0 Å². The highest BCUT2D eigenvalue weighted by Gasteiger charge is 2.57. The van der Waals surface area contributed by atoms with E-state index in [0.29, 0.717) is 17.3 Å². The predicted molar refractivity (Wildman–Crippen MR) is 71.5 cm³/mol. The van der Waals surface area contributed by atoms with Crippen LogP contribution in [0.4, 0.5) is 0 Å². The van der Waals surface area contributed by atoms with Crippen LogP contribution in [0.15, 0.2) is 12.1 Å². The van der Waals surface area contributed by atoms with Crippen LogP contribution in [0.5, 0.6) is 5.75 Å². The zero-order valence-electron chi connectivity index (χ0n) is 11.5. The van der Waals surface area contributed by atoms with Gasteiger partial charge in [-0.2, -0.15) is 0 Å². The lowest BCUT2D eigenvalue weighted by molar-refractivity contribution is 0.408. The molecule has 17 heavy (non-hydrogen) atoms. The van der Waals surface area contributed by atoms with Gasteiger partial charge in [0.05, 0.1) is 7.11 Å². The van der Waals surface area contributed by atoms with Crippen LogP contribution in [-0.2, 0) is 0 Å². The Morgan fingerprint density at radius 1 is 1.24 bits per heavy atom. The van der Waals surface area contributed by atoms with Crippen molar-refractivity contribution in [2.24, 2.45) is 17.1 Å². The molecule has 0 amide bonds. The highest BCUT2D eigenvalue weighted by molar-refractivity contribution is 5.46. The van der Waals surface area contributed by atoms with E-state index in [0.717, 1.165) is 12.3 Å². The Hall–Kier alpha value is -1.02. The summed E-state index contributed by atoms with van der Waals surface area (Å²) in [6.45, 7) is 9.63. The standard InChI is InChI=1S/C15H23NO/c1-9-6-11(7-10(2)14(9)17-5)13-12(8-16)15(13,3)4/h6-7,12-13H,8,16H2,1-5H3/t12-,13-/m0/s1. The number of benzene rings is 1. The van der Waals surface area contributed by atoms with Crippen molar-refractivity contribution in [1.29, 1.82) is 0 Å². The lowest BCUT2D eigenvalue weighted by atomic mass is 9.98. The maximum absolute atomic E-state index is 5.84. The Balaban J connectivity index is 2.37. The normalized spacial score (nSPS) is 25.8. The summed E-state index contributed by atoms with van der Waals surface area (Å²) in [6, 6.07) is 4.52. The van der Waals surface area contributed by atoms with E-state index in [4.69, 9.17) is 10.5 Å². The molecule has 2 atom stereocenters. The van der Waals surface area contributed by atoms with Crippen LogP contribution >= 0.6 is 0 Å². The Kier molecular flexibility index (Phi) is 2.94. The van der Waals surface area contributed by atoms with Crippen LogP contribution in [0.25, 0.3) is 0 Å². The van der Waals surface area contributed by atoms with Gasteiger partial charge in [0, 0.05) is 0 Å². The van der Waals surface area contributed by atoms with E-state index in [1.165, 1.54) is 16.7 Å². The van der Waals surface area contributed by atoms with Gasteiger partial charge in [-0.15, -0.1) is 0 Å². The first kappa shape index (κ1) is 12.4. The average Bonchev–Trinajstić information content (AvgIpc) is 2.79. The van der Waals surface area contributed by atoms with Crippen molar-refractivity contribution in [3.63, 3.8) is 0 Å². The van der Waals surface area contributed by atoms with E-state index in [1.54, 1.807) is 7.11 Å². The summed E-state index contributed by atoms with van der Waals surface area (Å²) < 4.78 is 5.41. The van der Waals surface area contributed by atoms with Gasteiger partial charge in [0.15, 0.2) is 0 Å². The molecule has 1 aromatic carbocycles. The molecule has 94 valence electrons. The minimum atomic E-state index is 0.349. The average molecular weight is 233 g/mol. The maximum atomic E-state index is 5.84. The molecule has 0 heterocycles. The van der Waals surface area contributed by atoms with Gasteiger partial charge >= 0.3 is 0 Å². The Bertz CT molecular complexity index is 414. The van der Waals surface area contributed by atoms with Gasteiger partial charge < -0.3 is 10.5 Å². The molecule has 1 aliphatic carbocycles. The molecule has 0 unspecified atom stereocenters. The fraction of sp³-hybridized carbons (Fsp3) is 0.600. The predicted octanol–water partition coefficient (Wildman–Crippen LogP) is 3.01. The molecule has 0 aromatic heterocycles. The van der Waals surface area contributed by atoms with Gasteiger partial charge in [-0.1, -0.05) is 26.0 Å². The third-order valence-electron chi connectivity index (χ3n) is 4.35. The van der Waals surface area contributed by atoms with Crippen molar-refractivity contribution < 1.29 is 4.74 Å². The van der Waals surface area contributed by atoms with Crippen molar-refractivity contribution in [2.45, 2.75) is 33.6 Å². The number of nitrogens with two attached hydrogens (primary N) is 1. The molecule has 0 bridgehead atoms. The number of aryl methyl sites for hydroxylation is 2. The zero-order valence-corrected chi connectivity index (χ0v) is 11.5. The van der Waals surface area contributed by atoms with E-state index in [9.17, 15) is 0 Å². The second-order valence-electron chi connectivity index (χ2n) is 5.83. The zero-order chi connectivity index (χ0) is 12.8. The van der Waals surface area contributed by atoms with E-state index in [2.05, 4.69) is 39.8 Å². The molecular formula is C15H23NO. The van der Waals surface area contributed by atoms with Crippen LogP contribution in [0, 0.1) is 25.2 Å². The van der Waals surface area contributed by atoms with E-state index in [-0.39, 0.29) is 0 Å². The second kappa shape index (κ2) is 4.02. The topological polar surface area (TPSA) is 35.2 Å². The molecule has 1 aromatic rings. The van der Waals surface area contributed by atoms with Crippen molar-refractivity contribution >= 4 is 0 Å². The van der Waals surface area contributed by atoms with Crippen LogP contribution in [0.1, 0.15) is 36.5 Å². The molecule has 1 aliphatic rings. The molecule has 2 nitrogen and oxygen atoms in total. The lowest BCUT2D eigenvalue weighted by Crippen LogP contribution is -2.05. The van der Waals surface area contributed by atoms with E-state index < -0.39 is 0 Å². The van der Waals surface area contributed by atoms with Crippen LogP contribution in [0.3, 0.4) is 0 Å². The van der Waals surface area contributed by atoms with Crippen LogP contribution < -0.4 is 10.5 Å². The first-order valence-electron chi connectivity index (χ1n) is 6.28. The molecule has 2 heteroatoms.